The van der Waals surface area contributed by atoms with Crippen LogP contribution >= 0.6 is 11.8 Å². The third-order valence-electron chi connectivity index (χ3n) is 2.42. The number of H-pyrrole nitrogens is 1. The highest BCUT2D eigenvalue weighted by atomic mass is 32.2. The second kappa shape index (κ2) is 5.41. The summed E-state index contributed by atoms with van der Waals surface area (Å²) in [6.45, 7) is 5.40. The Hall–Kier alpha value is -0.930. The average molecular weight is 234 g/mol. The predicted octanol–water partition coefficient (Wildman–Crippen LogP) is 3.26. The summed E-state index contributed by atoms with van der Waals surface area (Å²) in [7, 11) is 0. The predicted molar refractivity (Wildman–Crippen MR) is 72.2 cm³/mol. The summed E-state index contributed by atoms with van der Waals surface area (Å²) in [5.74, 6) is 1.10. The van der Waals surface area contributed by atoms with Crippen LogP contribution in [-0.4, -0.2) is 23.3 Å². The molecule has 0 radical (unpaired) electrons. The Bertz CT molecular complexity index is 415. The van der Waals surface area contributed by atoms with Crippen LogP contribution < -0.4 is 5.32 Å². The molecular weight excluding hydrogens is 216 g/mol. The molecule has 1 heterocycles. The van der Waals surface area contributed by atoms with Crippen molar-refractivity contribution in [1.82, 2.24) is 10.3 Å². The van der Waals surface area contributed by atoms with Gasteiger partial charge in [-0.15, -0.1) is 11.8 Å². The fraction of sp³-hybridized carbons (Fsp3) is 0.385. The number of thioether (sulfide) groups is 1. The van der Waals surface area contributed by atoms with Crippen LogP contribution in [0, 0.1) is 0 Å². The maximum absolute atomic E-state index is 3.42. The molecule has 1 aromatic carbocycles. The van der Waals surface area contributed by atoms with Gasteiger partial charge in [-0.05, 0) is 12.1 Å². The number of nitrogens with one attached hydrogen (secondary N) is 2. The van der Waals surface area contributed by atoms with Crippen LogP contribution in [0.1, 0.15) is 13.8 Å². The molecule has 1 aromatic heterocycles. The molecule has 0 atom stereocenters. The van der Waals surface area contributed by atoms with Gasteiger partial charge in [0.25, 0.3) is 0 Å². The van der Waals surface area contributed by atoms with Crippen LogP contribution in [0.3, 0.4) is 0 Å². The van der Waals surface area contributed by atoms with Gasteiger partial charge >= 0.3 is 0 Å². The van der Waals surface area contributed by atoms with Crippen molar-refractivity contribution in [2.24, 2.45) is 0 Å². The number of benzene rings is 1. The highest BCUT2D eigenvalue weighted by molar-refractivity contribution is 7.99. The van der Waals surface area contributed by atoms with Crippen LogP contribution in [0.5, 0.6) is 0 Å². The molecule has 0 aliphatic heterocycles. The van der Waals surface area contributed by atoms with Crippen molar-refractivity contribution in [2.75, 3.05) is 12.3 Å². The first-order valence-electron chi connectivity index (χ1n) is 5.69. The van der Waals surface area contributed by atoms with Crippen LogP contribution in [0.25, 0.3) is 10.9 Å². The van der Waals surface area contributed by atoms with E-state index in [-0.39, 0.29) is 0 Å². The van der Waals surface area contributed by atoms with Crippen molar-refractivity contribution in [3.8, 4) is 0 Å². The van der Waals surface area contributed by atoms with Gasteiger partial charge in [-0.1, -0.05) is 32.0 Å². The number of rotatable bonds is 5. The van der Waals surface area contributed by atoms with Crippen molar-refractivity contribution >= 4 is 22.7 Å². The lowest BCUT2D eigenvalue weighted by atomic mass is 10.3. The molecule has 16 heavy (non-hydrogen) atoms. The summed E-state index contributed by atoms with van der Waals surface area (Å²) in [5.41, 5.74) is 1.22. The van der Waals surface area contributed by atoms with E-state index in [2.05, 4.69) is 54.5 Å². The number of aromatic nitrogens is 1. The SMILES string of the molecule is CC(C)NCCSc1cc2ccccc2[nH]1. The smallest absolute Gasteiger partial charge is 0.0732 e. The Morgan fingerprint density at radius 3 is 2.88 bits per heavy atom. The van der Waals surface area contributed by atoms with Crippen molar-refractivity contribution in [2.45, 2.75) is 24.9 Å². The third kappa shape index (κ3) is 3.03. The second-order valence-corrected chi connectivity index (χ2v) is 5.31. The normalized spacial score (nSPS) is 11.4. The number of aromatic amines is 1. The molecule has 0 saturated carbocycles. The van der Waals surface area contributed by atoms with E-state index in [0.29, 0.717) is 6.04 Å². The molecule has 2 nitrogen and oxygen atoms in total. The highest BCUT2D eigenvalue weighted by Gasteiger charge is 2.00. The van der Waals surface area contributed by atoms with Crippen LogP contribution in [0.4, 0.5) is 0 Å². The summed E-state index contributed by atoms with van der Waals surface area (Å²) in [4.78, 5) is 3.42. The van der Waals surface area contributed by atoms with Gasteiger partial charge in [0.1, 0.15) is 0 Å². The lowest BCUT2D eigenvalue weighted by Crippen LogP contribution is -2.24. The van der Waals surface area contributed by atoms with Gasteiger partial charge in [0, 0.05) is 29.2 Å². The molecule has 0 unspecified atom stereocenters. The largest absolute Gasteiger partial charge is 0.350 e. The maximum atomic E-state index is 3.42. The lowest BCUT2D eigenvalue weighted by molar-refractivity contribution is 0.616. The molecule has 0 bridgehead atoms. The van der Waals surface area contributed by atoms with Gasteiger partial charge in [0.05, 0.1) is 5.03 Å². The Kier molecular flexibility index (Phi) is 3.91. The van der Waals surface area contributed by atoms with Gasteiger partial charge in [0.15, 0.2) is 0 Å². The number of hydrogen-bond donors (Lipinski definition) is 2. The van der Waals surface area contributed by atoms with Crippen molar-refractivity contribution in [1.29, 1.82) is 0 Å². The average Bonchev–Trinajstić information content (AvgIpc) is 2.66. The fourth-order valence-corrected chi connectivity index (χ4v) is 2.47. The van der Waals surface area contributed by atoms with Gasteiger partial charge in [-0.25, -0.2) is 0 Å². The molecule has 2 aromatic rings. The summed E-state index contributed by atoms with van der Waals surface area (Å²) in [6, 6.07) is 11.2. The topological polar surface area (TPSA) is 27.8 Å². The van der Waals surface area contributed by atoms with Gasteiger partial charge < -0.3 is 10.3 Å². The van der Waals surface area contributed by atoms with Gasteiger partial charge in [-0.2, -0.15) is 0 Å². The molecule has 2 N–H and O–H groups in total. The number of fused-ring (bicyclic) bond motifs is 1. The van der Waals surface area contributed by atoms with E-state index in [1.807, 2.05) is 11.8 Å². The fourth-order valence-electron chi connectivity index (χ4n) is 1.63. The monoisotopic (exact) mass is 234 g/mol. The summed E-state index contributed by atoms with van der Waals surface area (Å²) < 4.78 is 0. The van der Waals surface area contributed by atoms with Crippen molar-refractivity contribution in [3.05, 3.63) is 30.3 Å². The lowest BCUT2D eigenvalue weighted by Gasteiger charge is -2.06. The molecule has 86 valence electrons. The molecule has 0 aliphatic carbocycles. The van der Waals surface area contributed by atoms with Crippen molar-refractivity contribution in [3.63, 3.8) is 0 Å². The van der Waals surface area contributed by atoms with E-state index in [1.54, 1.807) is 0 Å². The van der Waals surface area contributed by atoms with Crippen LogP contribution in [0.15, 0.2) is 35.4 Å². The molecule has 0 aliphatic rings. The zero-order valence-electron chi connectivity index (χ0n) is 9.79. The quantitative estimate of drug-likeness (QED) is 0.614. The first-order valence-corrected chi connectivity index (χ1v) is 6.68. The number of hydrogen-bond acceptors (Lipinski definition) is 2. The summed E-state index contributed by atoms with van der Waals surface area (Å²) in [5, 5.41) is 5.96. The minimum absolute atomic E-state index is 0.573. The Morgan fingerprint density at radius 2 is 2.12 bits per heavy atom. The minimum Gasteiger partial charge on any atom is -0.350 e. The molecular formula is C13H18N2S. The molecule has 0 saturated heterocycles. The number of para-hydroxylation sites is 1. The minimum atomic E-state index is 0.573. The molecule has 0 fully saturated rings. The first kappa shape index (κ1) is 11.6. The van der Waals surface area contributed by atoms with Crippen LogP contribution in [-0.2, 0) is 0 Å². The summed E-state index contributed by atoms with van der Waals surface area (Å²) in [6.07, 6.45) is 0. The zero-order chi connectivity index (χ0) is 11.4. The first-order chi connectivity index (χ1) is 7.75. The Labute approximate surface area is 101 Å². The maximum Gasteiger partial charge on any atom is 0.0732 e. The summed E-state index contributed by atoms with van der Waals surface area (Å²) >= 11 is 1.87. The molecule has 0 spiro atoms. The molecule has 3 heteroatoms. The third-order valence-corrected chi connectivity index (χ3v) is 3.36. The van der Waals surface area contributed by atoms with Crippen LogP contribution in [0.2, 0.25) is 0 Å². The van der Waals surface area contributed by atoms with Crippen molar-refractivity contribution < 1.29 is 0 Å². The van der Waals surface area contributed by atoms with Gasteiger partial charge in [0.2, 0.25) is 0 Å². The van der Waals surface area contributed by atoms with E-state index < -0.39 is 0 Å². The second-order valence-electron chi connectivity index (χ2n) is 4.18. The Balaban J connectivity index is 1.89. The van der Waals surface area contributed by atoms with E-state index in [9.17, 15) is 0 Å². The molecule has 2 rings (SSSR count). The standard InChI is InChI=1S/C13H18N2S/c1-10(2)14-7-8-16-13-9-11-5-3-4-6-12(11)15-13/h3-6,9-10,14-15H,7-8H2,1-2H3. The zero-order valence-corrected chi connectivity index (χ0v) is 10.6. The van der Waals surface area contributed by atoms with E-state index in [0.717, 1.165) is 12.3 Å². The van der Waals surface area contributed by atoms with Gasteiger partial charge in [-0.3, -0.25) is 0 Å². The molecule has 0 amide bonds. The van der Waals surface area contributed by atoms with E-state index in [4.69, 9.17) is 0 Å². The highest BCUT2D eigenvalue weighted by Crippen LogP contribution is 2.22. The van der Waals surface area contributed by atoms with E-state index >= 15 is 0 Å². The van der Waals surface area contributed by atoms with E-state index in [1.165, 1.54) is 15.9 Å². The Morgan fingerprint density at radius 1 is 1.31 bits per heavy atom.